The Morgan fingerprint density at radius 2 is 1.73 bits per heavy atom. The van der Waals surface area contributed by atoms with E-state index in [1.165, 1.54) is 6.07 Å². The number of halogens is 2. The van der Waals surface area contributed by atoms with Gasteiger partial charge < -0.3 is 16.0 Å². The van der Waals surface area contributed by atoms with Gasteiger partial charge in [0.2, 0.25) is 0 Å². The molecule has 4 aromatic rings. The van der Waals surface area contributed by atoms with Gasteiger partial charge in [0.1, 0.15) is 5.82 Å². The highest BCUT2D eigenvalue weighted by Gasteiger charge is 2.15. The van der Waals surface area contributed by atoms with Crippen molar-refractivity contribution < 1.29 is 13.6 Å². The van der Waals surface area contributed by atoms with Crippen molar-refractivity contribution in [2.45, 2.75) is 40.8 Å². The van der Waals surface area contributed by atoms with E-state index in [-0.39, 0.29) is 12.5 Å². The summed E-state index contributed by atoms with van der Waals surface area (Å²) in [5.74, 6) is -0.923. The summed E-state index contributed by atoms with van der Waals surface area (Å²) in [5, 5.41) is 9.60. The lowest BCUT2D eigenvalue weighted by molar-refractivity contribution is 0.0951. The maximum Gasteiger partial charge on any atom is 0.255 e. The predicted octanol–water partition coefficient (Wildman–Crippen LogP) is 8.37. The van der Waals surface area contributed by atoms with Gasteiger partial charge >= 0.3 is 0 Å². The van der Waals surface area contributed by atoms with E-state index in [0.717, 1.165) is 50.8 Å². The standard InChI is InChI=1S/C33H36F2N4OS/c1-20(2)17-37-30-12-9-24(16-27(30)22(5)21(3)4)31-13-10-25(41-31)19-38-32-26(7-6-14-36-32)33(40)39-18-23-8-11-28(34)29(35)15-23/h6-16,20-21,37H,5,17-19H2,1-4H3,(H,36,38)(H,39,40). The summed E-state index contributed by atoms with van der Waals surface area (Å²) >= 11 is 1.68. The molecule has 8 heteroatoms. The number of rotatable bonds is 12. The molecule has 0 spiro atoms. The number of hydrogen-bond acceptors (Lipinski definition) is 5. The highest BCUT2D eigenvalue weighted by molar-refractivity contribution is 7.15. The van der Waals surface area contributed by atoms with E-state index in [4.69, 9.17) is 0 Å². The van der Waals surface area contributed by atoms with Gasteiger partial charge in [0.15, 0.2) is 11.6 Å². The largest absolute Gasteiger partial charge is 0.384 e. The zero-order chi connectivity index (χ0) is 29.5. The van der Waals surface area contributed by atoms with Crippen molar-refractivity contribution in [2.24, 2.45) is 11.8 Å². The second-order valence-corrected chi connectivity index (χ2v) is 11.8. The predicted molar refractivity (Wildman–Crippen MR) is 166 cm³/mol. The number of nitrogens with one attached hydrogen (secondary N) is 3. The van der Waals surface area contributed by atoms with Crippen molar-refractivity contribution in [3.05, 3.63) is 107 Å². The van der Waals surface area contributed by atoms with Crippen LogP contribution in [0.5, 0.6) is 0 Å². The fourth-order valence-electron chi connectivity index (χ4n) is 4.20. The SMILES string of the molecule is C=C(c1cc(-c2ccc(CNc3ncccc3C(=O)NCc3ccc(F)c(F)c3)s2)ccc1NCC(C)C)C(C)C. The smallest absolute Gasteiger partial charge is 0.255 e. The number of hydrogen-bond donors (Lipinski definition) is 3. The monoisotopic (exact) mass is 574 g/mol. The van der Waals surface area contributed by atoms with Crippen LogP contribution in [0.15, 0.2) is 73.4 Å². The van der Waals surface area contributed by atoms with Gasteiger partial charge in [-0.15, -0.1) is 11.3 Å². The van der Waals surface area contributed by atoms with E-state index in [1.54, 1.807) is 29.7 Å². The van der Waals surface area contributed by atoms with Gasteiger partial charge in [-0.05, 0) is 77.1 Å². The molecule has 2 aromatic carbocycles. The number of amides is 1. The van der Waals surface area contributed by atoms with Crippen LogP contribution < -0.4 is 16.0 Å². The minimum atomic E-state index is -0.949. The van der Waals surface area contributed by atoms with Crippen LogP contribution in [-0.2, 0) is 13.1 Å². The van der Waals surface area contributed by atoms with Crippen molar-refractivity contribution in [2.75, 3.05) is 17.2 Å². The highest BCUT2D eigenvalue weighted by atomic mass is 32.1. The van der Waals surface area contributed by atoms with Crippen molar-refractivity contribution in [3.63, 3.8) is 0 Å². The molecule has 4 rings (SSSR count). The van der Waals surface area contributed by atoms with E-state index >= 15 is 0 Å². The lowest BCUT2D eigenvalue weighted by Gasteiger charge is -2.18. The first kappa shape index (κ1) is 29.9. The molecule has 3 N–H and O–H groups in total. The highest BCUT2D eigenvalue weighted by Crippen LogP contribution is 2.35. The summed E-state index contributed by atoms with van der Waals surface area (Å²) in [7, 11) is 0. The molecule has 2 heterocycles. The summed E-state index contributed by atoms with van der Waals surface area (Å²) in [4.78, 5) is 19.4. The number of pyridine rings is 1. The van der Waals surface area contributed by atoms with E-state index in [9.17, 15) is 13.6 Å². The Morgan fingerprint density at radius 3 is 2.46 bits per heavy atom. The topological polar surface area (TPSA) is 66.0 Å². The Bertz CT molecular complexity index is 1530. The molecule has 0 aliphatic heterocycles. The molecular formula is C33H36F2N4OS. The van der Waals surface area contributed by atoms with Gasteiger partial charge in [-0.25, -0.2) is 13.8 Å². The molecule has 0 atom stereocenters. The van der Waals surface area contributed by atoms with Crippen molar-refractivity contribution >= 4 is 34.3 Å². The lowest BCUT2D eigenvalue weighted by atomic mass is 9.93. The second-order valence-electron chi connectivity index (χ2n) is 10.7. The molecule has 2 aromatic heterocycles. The number of thiophene rings is 1. The molecule has 0 radical (unpaired) electrons. The lowest BCUT2D eigenvalue weighted by Crippen LogP contribution is -2.24. The molecule has 0 saturated carbocycles. The molecular weight excluding hydrogens is 538 g/mol. The zero-order valence-corrected chi connectivity index (χ0v) is 24.7. The van der Waals surface area contributed by atoms with Gasteiger partial charge in [-0.2, -0.15) is 0 Å². The minimum absolute atomic E-state index is 0.0651. The van der Waals surface area contributed by atoms with Crippen LogP contribution in [0.1, 0.15) is 54.1 Å². The van der Waals surface area contributed by atoms with Gasteiger partial charge in [-0.3, -0.25) is 4.79 Å². The summed E-state index contributed by atoms with van der Waals surface area (Å²) in [6.07, 6.45) is 1.62. The fraction of sp³-hybridized carbons (Fsp3) is 0.273. The number of aromatic nitrogens is 1. The van der Waals surface area contributed by atoms with Crippen LogP contribution in [0.3, 0.4) is 0 Å². The third-order valence-electron chi connectivity index (χ3n) is 6.63. The van der Waals surface area contributed by atoms with E-state index in [1.807, 2.05) is 0 Å². The average Bonchev–Trinajstić information content (AvgIpc) is 3.44. The van der Waals surface area contributed by atoms with Crippen LogP contribution in [0.2, 0.25) is 0 Å². The Balaban J connectivity index is 1.45. The maximum atomic E-state index is 13.5. The fourth-order valence-corrected chi connectivity index (χ4v) is 5.14. The van der Waals surface area contributed by atoms with Crippen LogP contribution >= 0.6 is 11.3 Å². The van der Waals surface area contributed by atoms with E-state index < -0.39 is 11.6 Å². The normalized spacial score (nSPS) is 11.1. The van der Waals surface area contributed by atoms with Gasteiger partial charge in [0.05, 0.1) is 12.1 Å². The Labute approximate surface area is 244 Å². The molecule has 0 fully saturated rings. The third-order valence-corrected chi connectivity index (χ3v) is 7.76. The zero-order valence-electron chi connectivity index (χ0n) is 23.9. The van der Waals surface area contributed by atoms with E-state index in [2.05, 4.69) is 85.5 Å². The summed E-state index contributed by atoms with van der Waals surface area (Å²) in [6, 6.07) is 17.6. The molecule has 214 valence electrons. The van der Waals surface area contributed by atoms with Crippen molar-refractivity contribution in [1.29, 1.82) is 0 Å². The van der Waals surface area contributed by atoms with Crippen LogP contribution in [0.25, 0.3) is 16.0 Å². The minimum Gasteiger partial charge on any atom is -0.384 e. The van der Waals surface area contributed by atoms with Crippen LogP contribution in [0, 0.1) is 23.5 Å². The summed E-state index contributed by atoms with van der Waals surface area (Å²) in [5.41, 5.74) is 5.30. The second kappa shape index (κ2) is 13.5. The molecule has 0 unspecified atom stereocenters. The van der Waals surface area contributed by atoms with E-state index in [0.29, 0.717) is 35.3 Å². The third kappa shape index (κ3) is 7.79. The summed E-state index contributed by atoms with van der Waals surface area (Å²) < 4.78 is 26.7. The quantitative estimate of drug-likeness (QED) is 0.159. The van der Waals surface area contributed by atoms with Crippen molar-refractivity contribution in [1.82, 2.24) is 10.3 Å². The summed E-state index contributed by atoms with van der Waals surface area (Å²) in [6.45, 7) is 14.5. The van der Waals surface area contributed by atoms with Crippen LogP contribution in [-0.4, -0.2) is 17.4 Å². The number of nitrogens with zero attached hydrogens (tertiary/aromatic N) is 1. The number of allylic oxidation sites excluding steroid dienone is 1. The first-order valence-electron chi connectivity index (χ1n) is 13.7. The molecule has 1 amide bonds. The first-order valence-corrected chi connectivity index (χ1v) is 14.5. The number of carbonyl (C=O) groups excluding carboxylic acids is 1. The van der Waals surface area contributed by atoms with Gasteiger partial charge in [-0.1, -0.05) is 46.4 Å². The Morgan fingerprint density at radius 1 is 0.927 bits per heavy atom. The van der Waals surface area contributed by atoms with Gasteiger partial charge in [0.25, 0.3) is 5.91 Å². The number of carbonyl (C=O) groups is 1. The Kier molecular flexibility index (Phi) is 9.89. The molecule has 0 saturated heterocycles. The molecule has 0 bridgehead atoms. The number of anilines is 2. The molecule has 41 heavy (non-hydrogen) atoms. The van der Waals surface area contributed by atoms with Crippen LogP contribution in [0.4, 0.5) is 20.3 Å². The number of benzene rings is 2. The average molecular weight is 575 g/mol. The maximum absolute atomic E-state index is 13.5. The molecule has 5 nitrogen and oxygen atoms in total. The molecule has 0 aliphatic rings. The van der Waals surface area contributed by atoms with Gasteiger partial charge in [0, 0.05) is 40.3 Å². The molecule has 0 aliphatic carbocycles. The Hall–Kier alpha value is -4.04. The van der Waals surface area contributed by atoms with Crippen molar-refractivity contribution in [3.8, 4) is 10.4 Å². The first-order chi connectivity index (χ1) is 19.6.